The van der Waals surface area contributed by atoms with Crippen LogP contribution in [0.4, 0.5) is 0 Å². The molecule has 3 unspecified atom stereocenters. The van der Waals surface area contributed by atoms with Gasteiger partial charge in [-0.2, -0.15) is 0 Å². The molecule has 0 heterocycles. The van der Waals surface area contributed by atoms with Crippen molar-refractivity contribution < 1.29 is 9.90 Å². The smallest absolute Gasteiger partial charge is 0.219 e. The van der Waals surface area contributed by atoms with Gasteiger partial charge < -0.3 is 10.4 Å². The zero-order chi connectivity index (χ0) is 13.7. The minimum Gasteiger partial charge on any atom is -0.392 e. The quantitative estimate of drug-likeness (QED) is 0.835. The van der Waals surface area contributed by atoms with Crippen LogP contribution in [-0.4, -0.2) is 34.7 Å². The number of thioether (sulfide) groups is 1. The number of benzene rings is 1. The van der Waals surface area contributed by atoms with E-state index < -0.39 is 0 Å². The fraction of sp³-hybridized carbons (Fsp3) is 0.533. The Morgan fingerprint density at radius 2 is 1.89 bits per heavy atom. The van der Waals surface area contributed by atoms with Crippen LogP contribution >= 0.6 is 11.8 Å². The molecule has 3 atom stereocenters. The Balaban J connectivity index is 1.96. The molecule has 0 radical (unpaired) electrons. The van der Waals surface area contributed by atoms with E-state index in [-0.39, 0.29) is 16.5 Å². The molecule has 3 nitrogen and oxygen atoms in total. The zero-order valence-electron chi connectivity index (χ0n) is 11.2. The molecule has 1 aliphatic rings. The van der Waals surface area contributed by atoms with Gasteiger partial charge in [0.25, 0.3) is 0 Å². The Morgan fingerprint density at radius 1 is 1.21 bits per heavy atom. The third-order valence-corrected chi connectivity index (χ3v) is 5.02. The highest BCUT2D eigenvalue weighted by atomic mass is 32.2. The van der Waals surface area contributed by atoms with E-state index in [1.165, 1.54) is 11.8 Å². The van der Waals surface area contributed by atoms with Crippen LogP contribution in [0.1, 0.15) is 36.0 Å². The molecular weight excluding hydrogens is 258 g/mol. The number of rotatable bonds is 3. The molecule has 0 bridgehead atoms. The van der Waals surface area contributed by atoms with Gasteiger partial charge in [-0.15, -0.1) is 0 Å². The van der Waals surface area contributed by atoms with E-state index in [1.54, 1.807) is 0 Å². The second-order valence-corrected chi connectivity index (χ2v) is 6.23. The maximum Gasteiger partial charge on any atom is 0.219 e. The van der Waals surface area contributed by atoms with Crippen LogP contribution in [0.15, 0.2) is 30.3 Å². The van der Waals surface area contributed by atoms with Crippen LogP contribution in [0.25, 0.3) is 0 Å². The van der Waals surface area contributed by atoms with Crippen LogP contribution in [0.3, 0.4) is 0 Å². The minimum atomic E-state index is -0.379. The number of aliphatic hydroxyl groups excluding tert-OH is 1. The molecule has 0 aliphatic heterocycles. The number of hydrogen-bond acceptors (Lipinski definition) is 4. The first-order valence-corrected chi connectivity index (χ1v) is 7.70. The first-order valence-electron chi connectivity index (χ1n) is 6.82. The van der Waals surface area contributed by atoms with Crippen LogP contribution in [0.5, 0.6) is 0 Å². The van der Waals surface area contributed by atoms with E-state index in [0.29, 0.717) is 11.6 Å². The van der Waals surface area contributed by atoms with Crippen molar-refractivity contribution in [1.29, 1.82) is 0 Å². The van der Waals surface area contributed by atoms with E-state index in [4.69, 9.17) is 0 Å². The summed E-state index contributed by atoms with van der Waals surface area (Å²) in [7, 11) is 1.96. The van der Waals surface area contributed by atoms with Crippen molar-refractivity contribution >= 4 is 16.9 Å². The Bertz CT molecular complexity index is 410. The Labute approximate surface area is 118 Å². The summed E-state index contributed by atoms with van der Waals surface area (Å²) in [6.45, 7) is 0. The van der Waals surface area contributed by atoms with Crippen molar-refractivity contribution in [3.8, 4) is 0 Å². The molecule has 0 saturated heterocycles. The summed E-state index contributed by atoms with van der Waals surface area (Å²) in [4.78, 5) is 12.2. The number of nitrogens with one attached hydrogen (secondary N) is 1. The van der Waals surface area contributed by atoms with Crippen molar-refractivity contribution in [3.05, 3.63) is 35.9 Å². The van der Waals surface area contributed by atoms with Crippen LogP contribution in [-0.2, 0) is 0 Å². The molecule has 1 fully saturated rings. The summed E-state index contributed by atoms with van der Waals surface area (Å²) in [6.07, 6.45) is 3.28. The molecule has 0 amide bonds. The first-order chi connectivity index (χ1) is 9.20. The van der Waals surface area contributed by atoms with E-state index in [0.717, 1.165) is 25.7 Å². The SMILES string of the molecule is CNC1CCC(O)C(SC(=O)c2ccccc2)CC1. The van der Waals surface area contributed by atoms with Gasteiger partial charge in [0.05, 0.1) is 6.10 Å². The Hall–Kier alpha value is -0.840. The molecule has 2 rings (SSSR count). The molecule has 0 spiro atoms. The summed E-state index contributed by atoms with van der Waals surface area (Å²) in [5.74, 6) is 0. The molecule has 4 heteroatoms. The van der Waals surface area contributed by atoms with Crippen molar-refractivity contribution in [2.24, 2.45) is 0 Å². The second kappa shape index (κ2) is 7.08. The summed E-state index contributed by atoms with van der Waals surface area (Å²) < 4.78 is 0. The van der Waals surface area contributed by atoms with E-state index in [9.17, 15) is 9.90 Å². The Kier molecular flexibility index (Phi) is 5.43. The highest BCUT2D eigenvalue weighted by molar-refractivity contribution is 8.14. The molecular formula is C15H21NO2S. The van der Waals surface area contributed by atoms with E-state index in [1.807, 2.05) is 37.4 Å². The lowest BCUT2D eigenvalue weighted by Crippen LogP contribution is -2.24. The average Bonchev–Trinajstić information content (AvgIpc) is 2.62. The highest BCUT2D eigenvalue weighted by Crippen LogP contribution is 2.30. The monoisotopic (exact) mass is 279 g/mol. The molecule has 2 N–H and O–H groups in total. The molecule has 1 saturated carbocycles. The molecule has 1 aromatic rings. The van der Waals surface area contributed by atoms with Gasteiger partial charge in [0, 0.05) is 16.9 Å². The highest BCUT2D eigenvalue weighted by Gasteiger charge is 2.28. The third-order valence-electron chi connectivity index (χ3n) is 3.72. The van der Waals surface area contributed by atoms with Crippen molar-refractivity contribution in [3.63, 3.8) is 0 Å². The van der Waals surface area contributed by atoms with Crippen molar-refractivity contribution in [2.75, 3.05) is 7.05 Å². The minimum absolute atomic E-state index is 0.0195. The van der Waals surface area contributed by atoms with Crippen LogP contribution in [0, 0.1) is 0 Å². The van der Waals surface area contributed by atoms with Gasteiger partial charge in [0.2, 0.25) is 5.12 Å². The lowest BCUT2D eigenvalue weighted by atomic mass is 10.1. The van der Waals surface area contributed by atoms with Gasteiger partial charge in [-0.1, -0.05) is 42.1 Å². The molecule has 104 valence electrons. The van der Waals surface area contributed by atoms with Gasteiger partial charge in [-0.3, -0.25) is 4.79 Å². The number of carbonyl (C=O) groups excluding carboxylic acids is 1. The standard InChI is InChI=1S/C15H21NO2S/c1-16-12-7-9-13(17)14(10-8-12)19-15(18)11-5-3-2-4-6-11/h2-6,12-14,16-17H,7-10H2,1H3. The van der Waals surface area contributed by atoms with Gasteiger partial charge >= 0.3 is 0 Å². The fourth-order valence-electron chi connectivity index (χ4n) is 2.47. The zero-order valence-corrected chi connectivity index (χ0v) is 12.0. The summed E-state index contributed by atoms with van der Waals surface area (Å²) >= 11 is 1.29. The maximum atomic E-state index is 12.2. The third kappa shape index (κ3) is 4.06. The Morgan fingerprint density at radius 3 is 2.58 bits per heavy atom. The molecule has 1 aromatic carbocycles. The first kappa shape index (κ1) is 14.6. The summed E-state index contributed by atoms with van der Waals surface area (Å²) in [6, 6.07) is 9.76. The predicted molar refractivity (Wildman–Crippen MR) is 79.5 cm³/mol. The van der Waals surface area contributed by atoms with Crippen molar-refractivity contribution in [2.45, 2.75) is 43.1 Å². The predicted octanol–water partition coefficient (Wildman–Crippen LogP) is 2.45. The number of aliphatic hydroxyl groups is 1. The lowest BCUT2D eigenvalue weighted by Gasteiger charge is -2.18. The van der Waals surface area contributed by atoms with E-state index >= 15 is 0 Å². The van der Waals surface area contributed by atoms with Gasteiger partial charge in [-0.05, 0) is 32.7 Å². The maximum absolute atomic E-state index is 12.2. The molecule has 0 aromatic heterocycles. The summed E-state index contributed by atoms with van der Waals surface area (Å²) in [5, 5.41) is 13.5. The van der Waals surface area contributed by atoms with Crippen LogP contribution < -0.4 is 5.32 Å². The second-order valence-electron chi connectivity index (χ2n) is 5.02. The number of hydrogen-bond donors (Lipinski definition) is 2. The number of carbonyl (C=O) groups is 1. The van der Waals surface area contributed by atoms with E-state index in [2.05, 4.69) is 5.32 Å². The summed E-state index contributed by atoms with van der Waals surface area (Å²) in [5.41, 5.74) is 0.717. The van der Waals surface area contributed by atoms with Gasteiger partial charge in [0.15, 0.2) is 0 Å². The van der Waals surface area contributed by atoms with Crippen LogP contribution in [0.2, 0.25) is 0 Å². The lowest BCUT2D eigenvalue weighted by molar-refractivity contribution is 0.108. The molecule has 19 heavy (non-hydrogen) atoms. The molecule has 1 aliphatic carbocycles. The van der Waals surface area contributed by atoms with Gasteiger partial charge in [-0.25, -0.2) is 0 Å². The average molecular weight is 279 g/mol. The van der Waals surface area contributed by atoms with Gasteiger partial charge in [0.1, 0.15) is 0 Å². The fourth-order valence-corrected chi connectivity index (χ4v) is 3.56. The normalized spacial score (nSPS) is 27.8. The van der Waals surface area contributed by atoms with Crippen molar-refractivity contribution in [1.82, 2.24) is 5.32 Å². The topological polar surface area (TPSA) is 49.3 Å². The largest absolute Gasteiger partial charge is 0.392 e.